The third kappa shape index (κ3) is 4.62. The Morgan fingerprint density at radius 1 is 1.54 bits per heavy atom. The van der Waals surface area contributed by atoms with E-state index in [2.05, 4.69) is 10.5 Å². The van der Waals surface area contributed by atoms with Gasteiger partial charge in [0.1, 0.15) is 11.9 Å². The zero-order valence-electron chi connectivity index (χ0n) is 7.15. The second kappa shape index (κ2) is 4.96. The number of hydrogen-bond acceptors (Lipinski definition) is 4. The van der Waals surface area contributed by atoms with Gasteiger partial charge >= 0.3 is 0 Å². The molecule has 13 heavy (non-hydrogen) atoms. The van der Waals surface area contributed by atoms with Crippen LogP contribution in [-0.4, -0.2) is 28.9 Å². The highest BCUT2D eigenvalue weighted by Crippen LogP contribution is 1.84. The van der Waals surface area contributed by atoms with Crippen LogP contribution in [0.2, 0.25) is 0 Å². The van der Waals surface area contributed by atoms with E-state index in [4.69, 9.17) is 16.7 Å². The molecule has 0 aromatic heterocycles. The first kappa shape index (κ1) is 11.2. The number of carbonyl (C=O) groups is 2. The van der Waals surface area contributed by atoms with Gasteiger partial charge in [0.05, 0.1) is 6.42 Å². The second-order valence-corrected chi connectivity index (χ2v) is 2.46. The zero-order chi connectivity index (χ0) is 10.4. The van der Waals surface area contributed by atoms with Crippen molar-refractivity contribution >= 4 is 17.6 Å². The minimum Gasteiger partial charge on any atom is -0.409 e. The molecule has 0 aromatic carbocycles. The highest BCUT2D eigenvalue weighted by Gasteiger charge is 2.12. The number of nitrogens with zero attached hydrogens (tertiary/aromatic N) is 1. The Morgan fingerprint density at radius 3 is 2.46 bits per heavy atom. The van der Waals surface area contributed by atoms with E-state index < -0.39 is 17.9 Å². The molecule has 0 aliphatic carbocycles. The molecule has 0 aliphatic rings. The fraction of sp³-hybridized carbons (Fsp3) is 0.500. The van der Waals surface area contributed by atoms with Gasteiger partial charge in [0.15, 0.2) is 0 Å². The third-order valence-electron chi connectivity index (χ3n) is 1.27. The summed E-state index contributed by atoms with van der Waals surface area (Å²) in [6.07, 6.45) is -0.270. The standard InChI is InChI=1S/C6H12N4O3/c1-3(6(8)12)9-5(11)2-4(7)10-13/h3,13H,2H2,1H3,(H2,7,10)(H2,8,12)(H,9,11). The predicted octanol–water partition coefficient (Wildman–Crippen LogP) is -1.89. The molecule has 7 heteroatoms. The number of oxime groups is 1. The second-order valence-electron chi connectivity index (χ2n) is 2.46. The van der Waals surface area contributed by atoms with Gasteiger partial charge < -0.3 is 22.0 Å². The number of rotatable bonds is 4. The number of primary amides is 1. The molecule has 7 nitrogen and oxygen atoms in total. The summed E-state index contributed by atoms with van der Waals surface area (Å²) >= 11 is 0. The quantitative estimate of drug-likeness (QED) is 0.178. The Labute approximate surface area is 74.8 Å². The maximum atomic E-state index is 10.9. The normalized spacial score (nSPS) is 13.5. The number of nitrogens with two attached hydrogens (primary N) is 2. The Bertz CT molecular complexity index is 238. The van der Waals surface area contributed by atoms with Crippen LogP contribution in [0.4, 0.5) is 0 Å². The van der Waals surface area contributed by atoms with Crippen LogP contribution in [0.1, 0.15) is 13.3 Å². The van der Waals surface area contributed by atoms with Crippen molar-refractivity contribution in [3.05, 3.63) is 0 Å². The first-order valence-corrected chi connectivity index (χ1v) is 3.52. The molecule has 74 valence electrons. The molecule has 0 saturated carbocycles. The van der Waals surface area contributed by atoms with Crippen molar-refractivity contribution in [3.8, 4) is 0 Å². The van der Waals surface area contributed by atoms with Crippen LogP contribution in [0.3, 0.4) is 0 Å². The highest BCUT2D eigenvalue weighted by atomic mass is 16.4. The van der Waals surface area contributed by atoms with Gasteiger partial charge in [-0.3, -0.25) is 9.59 Å². The molecule has 1 atom stereocenters. The fourth-order valence-corrected chi connectivity index (χ4v) is 0.563. The molecule has 0 spiro atoms. The summed E-state index contributed by atoms with van der Waals surface area (Å²) in [5.74, 6) is -1.40. The van der Waals surface area contributed by atoms with Gasteiger partial charge in [0.25, 0.3) is 0 Å². The average Bonchev–Trinajstić information content (AvgIpc) is 2.03. The van der Waals surface area contributed by atoms with Crippen LogP contribution in [-0.2, 0) is 9.59 Å². The molecule has 0 aliphatic heterocycles. The lowest BCUT2D eigenvalue weighted by Gasteiger charge is -2.08. The average molecular weight is 188 g/mol. The smallest absolute Gasteiger partial charge is 0.239 e. The van der Waals surface area contributed by atoms with E-state index in [0.29, 0.717) is 0 Å². The largest absolute Gasteiger partial charge is 0.409 e. The van der Waals surface area contributed by atoms with Crippen LogP contribution < -0.4 is 16.8 Å². The maximum absolute atomic E-state index is 10.9. The lowest BCUT2D eigenvalue weighted by Crippen LogP contribution is -2.43. The third-order valence-corrected chi connectivity index (χ3v) is 1.27. The molecule has 0 heterocycles. The Kier molecular flexibility index (Phi) is 4.28. The van der Waals surface area contributed by atoms with Crippen LogP contribution in [0.25, 0.3) is 0 Å². The van der Waals surface area contributed by atoms with Crippen molar-refractivity contribution < 1.29 is 14.8 Å². The van der Waals surface area contributed by atoms with Gasteiger partial charge in [0.2, 0.25) is 11.8 Å². The molecule has 0 rings (SSSR count). The van der Waals surface area contributed by atoms with Crippen molar-refractivity contribution in [2.45, 2.75) is 19.4 Å². The van der Waals surface area contributed by atoms with Crippen molar-refractivity contribution in [1.82, 2.24) is 5.32 Å². The molecule has 6 N–H and O–H groups in total. The van der Waals surface area contributed by atoms with E-state index in [1.54, 1.807) is 0 Å². The monoisotopic (exact) mass is 188 g/mol. The van der Waals surface area contributed by atoms with Gasteiger partial charge in [-0.05, 0) is 6.92 Å². The molecule has 0 saturated heterocycles. The summed E-state index contributed by atoms with van der Waals surface area (Å²) in [6, 6.07) is -0.765. The highest BCUT2D eigenvalue weighted by molar-refractivity contribution is 6.00. The summed E-state index contributed by atoms with van der Waals surface area (Å²) in [4.78, 5) is 21.4. The lowest BCUT2D eigenvalue weighted by atomic mass is 10.3. The summed E-state index contributed by atoms with van der Waals surface area (Å²) in [5, 5.41) is 13.0. The van der Waals surface area contributed by atoms with Crippen LogP contribution in [0.15, 0.2) is 5.16 Å². The number of nitrogens with one attached hydrogen (secondary N) is 1. The Hall–Kier alpha value is -1.79. The van der Waals surface area contributed by atoms with E-state index in [1.165, 1.54) is 6.92 Å². The fourth-order valence-electron chi connectivity index (χ4n) is 0.563. The zero-order valence-corrected chi connectivity index (χ0v) is 7.15. The lowest BCUT2D eigenvalue weighted by molar-refractivity contribution is -0.126. The van der Waals surface area contributed by atoms with E-state index in [-0.39, 0.29) is 12.3 Å². The van der Waals surface area contributed by atoms with Gasteiger partial charge in [-0.25, -0.2) is 0 Å². The SMILES string of the molecule is CC(NC(=O)C/C(N)=N/O)C(N)=O. The Balaban J connectivity index is 3.95. The summed E-state index contributed by atoms with van der Waals surface area (Å²) in [6.45, 7) is 1.44. The van der Waals surface area contributed by atoms with Crippen LogP contribution >= 0.6 is 0 Å². The molecule has 2 amide bonds. The maximum Gasteiger partial charge on any atom is 0.239 e. The summed E-state index contributed by atoms with van der Waals surface area (Å²) in [7, 11) is 0. The molecular formula is C6H12N4O3. The molecule has 1 unspecified atom stereocenters. The molecular weight excluding hydrogens is 176 g/mol. The summed E-state index contributed by atoms with van der Waals surface area (Å²) < 4.78 is 0. The molecule has 0 fully saturated rings. The predicted molar refractivity (Wildman–Crippen MR) is 44.8 cm³/mol. The van der Waals surface area contributed by atoms with E-state index in [1.807, 2.05) is 0 Å². The van der Waals surface area contributed by atoms with E-state index >= 15 is 0 Å². The van der Waals surface area contributed by atoms with Gasteiger partial charge in [-0.2, -0.15) is 0 Å². The van der Waals surface area contributed by atoms with Crippen LogP contribution in [0, 0.1) is 0 Å². The molecule has 0 radical (unpaired) electrons. The van der Waals surface area contributed by atoms with E-state index in [0.717, 1.165) is 0 Å². The Morgan fingerprint density at radius 2 is 2.08 bits per heavy atom. The van der Waals surface area contributed by atoms with Gasteiger partial charge in [-0.1, -0.05) is 5.16 Å². The number of carbonyl (C=O) groups excluding carboxylic acids is 2. The first-order valence-electron chi connectivity index (χ1n) is 3.52. The molecule has 0 aromatic rings. The van der Waals surface area contributed by atoms with Crippen molar-refractivity contribution in [3.63, 3.8) is 0 Å². The van der Waals surface area contributed by atoms with Crippen LogP contribution in [0.5, 0.6) is 0 Å². The van der Waals surface area contributed by atoms with Gasteiger partial charge in [-0.15, -0.1) is 0 Å². The number of hydrogen-bond donors (Lipinski definition) is 4. The van der Waals surface area contributed by atoms with Crippen molar-refractivity contribution in [1.29, 1.82) is 0 Å². The number of amides is 2. The van der Waals surface area contributed by atoms with Gasteiger partial charge in [0, 0.05) is 0 Å². The van der Waals surface area contributed by atoms with E-state index in [9.17, 15) is 9.59 Å². The van der Waals surface area contributed by atoms with Crippen molar-refractivity contribution in [2.24, 2.45) is 16.6 Å². The van der Waals surface area contributed by atoms with Crippen molar-refractivity contribution in [2.75, 3.05) is 0 Å². The molecule has 0 bridgehead atoms. The number of amidine groups is 1. The minimum atomic E-state index is -0.765. The summed E-state index contributed by atoms with van der Waals surface area (Å²) in [5.41, 5.74) is 9.93. The first-order chi connectivity index (χ1) is 5.97. The minimum absolute atomic E-state index is 0.228. The topological polar surface area (TPSA) is 131 Å².